The second kappa shape index (κ2) is 11.8. The lowest BCUT2D eigenvalue weighted by molar-refractivity contribution is -0.138. The minimum absolute atomic E-state index is 0.118. The van der Waals surface area contributed by atoms with E-state index >= 15 is 0 Å². The molecule has 0 saturated heterocycles. The summed E-state index contributed by atoms with van der Waals surface area (Å²) in [7, 11) is 0. The quantitative estimate of drug-likeness (QED) is 0.540. The van der Waals surface area contributed by atoms with Crippen LogP contribution in [-0.4, -0.2) is 30.0 Å². The molecule has 2 amide bonds. The van der Waals surface area contributed by atoms with Crippen molar-refractivity contribution in [2.24, 2.45) is 17.1 Å². The lowest BCUT2D eigenvalue weighted by Gasteiger charge is -2.35. The zero-order valence-electron chi connectivity index (χ0n) is 19.9. The third kappa shape index (κ3) is 7.90. The van der Waals surface area contributed by atoms with Crippen LogP contribution in [-0.2, 0) is 22.7 Å². The predicted molar refractivity (Wildman–Crippen MR) is 132 cm³/mol. The summed E-state index contributed by atoms with van der Waals surface area (Å²) in [6.45, 7) is 6.11. The van der Waals surface area contributed by atoms with Crippen LogP contribution in [0.4, 0.5) is 10.5 Å². The molecule has 1 saturated carbocycles. The fraction of sp³-hybridized carbons (Fsp3) is 0.481. The SMILES string of the molecule is CC(C)(CN)CN(Cc1ccc(NC(=O)OCc2ccccc2)cc1)C(=O)C1CCCCC1. The van der Waals surface area contributed by atoms with E-state index in [1.165, 1.54) is 6.42 Å². The molecule has 0 aliphatic heterocycles. The lowest BCUT2D eigenvalue weighted by atomic mass is 9.87. The van der Waals surface area contributed by atoms with Crippen LogP contribution >= 0.6 is 0 Å². The Morgan fingerprint density at radius 2 is 1.67 bits per heavy atom. The molecule has 0 aromatic heterocycles. The van der Waals surface area contributed by atoms with E-state index in [4.69, 9.17) is 10.5 Å². The smallest absolute Gasteiger partial charge is 0.411 e. The van der Waals surface area contributed by atoms with Crippen LogP contribution in [0.15, 0.2) is 54.6 Å². The van der Waals surface area contributed by atoms with E-state index in [1.807, 2.05) is 59.5 Å². The first-order valence-electron chi connectivity index (χ1n) is 11.9. The van der Waals surface area contributed by atoms with Crippen molar-refractivity contribution in [3.05, 3.63) is 65.7 Å². The van der Waals surface area contributed by atoms with Crippen molar-refractivity contribution in [1.82, 2.24) is 4.90 Å². The highest BCUT2D eigenvalue weighted by atomic mass is 16.5. The Kier molecular flexibility index (Phi) is 8.89. The van der Waals surface area contributed by atoms with Gasteiger partial charge in [-0.1, -0.05) is 75.6 Å². The first-order chi connectivity index (χ1) is 15.9. The van der Waals surface area contributed by atoms with E-state index in [0.29, 0.717) is 25.3 Å². The Morgan fingerprint density at radius 1 is 1.00 bits per heavy atom. The molecule has 0 unspecified atom stereocenters. The molecule has 1 fully saturated rings. The van der Waals surface area contributed by atoms with Crippen LogP contribution in [0.3, 0.4) is 0 Å². The Labute approximate surface area is 197 Å². The second-order valence-corrected chi connectivity index (χ2v) is 9.78. The zero-order valence-corrected chi connectivity index (χ0v) is 19.9. The molecule has 2 aromatic carbocycles. The summed E-state index contributed by atoms with van der Waals surface area (Å²) in [5, 5.41) is 2.76. The number of anilines is 1. The van der Waals surface area contributed by atoms with Gasteiger partial charge in [-0.05, 0) is 48.1 Å². The zero-order chi connectivity index (χ0) is 23.7. The van der Waals surface area contributed by atoms with Crippen molar-refractivity contribution in [2.45, 2.75) is 59.1 Å². The molecule has 6 nitrogen and oxygen atoms in total. The molecule has 6 heteroatoms. The van der Waals surface area contributed by atoms with Crippen LogP contribution in [0.5, 0.6) is 0 Å². The molecule has 0 spiro atoms. The van der Waals surface area contributed by atoms with Gasteiger partial charge in [0.15, 0.2) is 0 Å². The van der Waals surface area contributed by atoms with E-state index in [9.17, 15) is 9.59 Å². The molecule has 2 aromatic rings. The number of carbonyl (C=O) groups excluding carboxylic acids is 2. The Bertz CT molecular complexity index is 891. The number of carbonyl (C=O) groups is 2. The van der Waals surface area contributed by atoms with Crippen LogP contribution in [0.2, 0.25) is 0 Å². The normalized spacial score (nSPS) is 14.5. The molecule has 0 heterocycles. The van der Waals surface area contributed by atoms with Gasteiger partial charge in [0.2, 0.25) is 5.91 Å². The summed E-state index contributed by atoms with van der Waals surface area (Å²) >= 11 is 0. The van der Waals surface area contributed by atoms with Gasteiger partial charge in [0.05, 0.1) is 0 Å². The Morgan fingerprint density at radius 3 is 2.30 bits per heavy atom. The number of nitrogens with one attached hydrogen (secondary N) is 1. The van der Waals surface area contributed by atoms with Crippen molar-refractivity contribution in [1.29, 1.82) is 0 Å². The molecule has 0 radical (unpaired) electrons. The minimum Gasteiger partial charge on any atom is -0.444 e. The summed E-state index contributed by atoms with van der Waals surface area (Å²) in [4.78, 5) is 27.4. The van der Waals surface area contributed by atoms with Gasteiger partial charge in [0.25, 0.3) is 0 Å². The fourth-order valence-corrected chi connectivity index (χ4v) is 4.19. The molecular formula is C27H37N3O3. The molecular weight excluding hydrogens is 414 g/mol. The van der Waals surface area contributed by atoms with Crippen LogP contribution in [0.25, 0.3) is 0 Å². The van der Waals surface area contributed by atoms with Gasteiger partial charge in [0, 0.05) is 24.7 Å². The molecule has 3 rings (SSSR count). The van der Waals surface area contributed by atoms with Gasteiger partial charge in [-0.15, -0.1) is 0 Å². The number of hydrogen-bond acceptors (Lipinski definition) is 4. The average Bonchev–Trinajstić information content (AvgIpc) is 2.84. The van der Waals surface area contributed by atoms with Crippen molar-refractivity contribution in [3.8, 4) is 0 Å². The first-order valence-corrected chi connectivity index (χ1v) is 11.9. The third-order valence-electron chi connectivity index (χ3n) is 6.22. The van der Waals surface area contributed by atoms with Crippen molar-refractivity contribution < 1.29 is 14.3 Å². The maximum atomic E-state index is 13.3. The molecule has 178 valence electrons. The van der Waals surface area contributed by atoms with Crippen molar-refractivity contribution in [2.75, 3.05) is 18.4 Å². The number of nitrogens with zero attached hydrogens (tertiary/aromatic N) is 1. The van der Waals surface area contributed by atoms with Crippen LogP contribution < -0.4 is 11.1 Å². The first kappa shape index (κ1) is 24.8. The van der Waals surface area contributed by atoms with Gasteiger partial charge in [0.1, 0.15) is 6.61 Å². The third-order valence-corrected chi connectivity index (χ3v) is 6.22. The highest BCUT2D eigenvalue weighted by molar-refractivity contribution is 5.84. The average molecular weight is 452 g/mol. The number of rotatable bonds is 9. The number of ether oxygens (including phenoxy) is 1. The number of nitrogens with two attached hydrogens (primary N) is 1. The number of hydrogen-bond donors (Lipinski definition) is 2. The highest BCUT2D eigenvalue weighted by Gasteiger charge is 2.29. The number of benzene rings is 2. The maximum Gasteiger partial charge on any atom is 0.411 e. The van der Waals surface area contributed by atoms with E-state index in [0.717, 1.165) is 36.8 Å². The summed E-state index contributed by atoms with van der Waals surface area (Å²) < 4.78 is 5.28. The van der Waals surface area contributed by atoms with E-state index in [1.54, 1.807) is 0 Å². The van der Waals surface area contributed by atoms with Gasteiger partial charge < -0.3 is 15.4 Å². The number of amides is 2. The van der Waals surface area contributed by atoms with Crippen molar-refractivity contribution >= 4 is 17.7 Å². The van der Waals surface area contributed by atoms with E-state index in [-0.39, 0.29) is 23.8 Å². The van der Waals surface area contributed by atoms with Crippen LogP contribution in [0, 0.1) is 11.3 Å². The van der Waals surface area contributed by atoms with Gasteiger partial charge in [-0.3, -0.25) is 10.1 Å². The summed E-state index contributed by atoms with van der Waals surface area (Å²) in [5.74, 6) is 0.357. The monoisotopic (exact) mass is 451 g/mol. The summed E-state index contributed by atoms with van der Waals surface area (Å²) in [5.41, 5.74) is 8.44. The van der Waals surface area contributed by atoms with E-state index < -0.39 is 6.09 Å². The van der Waals surface area contributed by atoms with Gasteiger partial charge in [-0.2, -0.15) is 0 Å². The standard InChI is InChI=1S/C27H37N3O3/c1-27(2,19-28)20-30(25(31)23-11-7-4-8-12-23)17-21-13-15-24(16-14-21)29-26(32)33-18-22-9-5-3-6-10-22/h3,5-6,9-10,13-16,23H,4,7-8,11-12,17-20,28H2,1-2H3,(H,29,32). The molecule has 0 bridgehead atoms. The van der Waals surface area contributed by atoms with E-state index in [2.05, 4.69) is 19.2 Å². The Hall–Kier alpha value is -2.86. The highest BCUT2D eigenvalue weighted by Crippen LogP contribution is 2.28. The molecule has 33 heavy (non-hydrogen) atoms. The maximum absolute atomic E-state index is 13.3. The summed E-state index contributed by atoms with van der Waals surface area (Å²) in [6.07, 6.45) is 4.95. The van der Waals surface area contributed by atoms with Gasteiger partial charge >= 0.3 is 6.09 Å². The lowest BCUT2D eigenvalue weighted by Crippen LogP contribution is -2.44. The largest absolute Gasteiger partial charge is 0.444 e. The minimum atomic E-state index is -0.495. The molecule has 3 N–H and O–H groups in total. The Balaban J connectivity index is 1.59. The second-order valence-electron chi connectivity index (χ2n) is 9.78. The molecule has 0 atom stereocenters. The summed E-state index contributed by atoms with van der Waals surface area (Å²) in [6, 6.07) is 17.1. The topological polar surface area (TPSA) is 84.7 Å². The van der Waals surface area contributed by atoms with Crippen LogP contribution in [0.1, 0.15) is 57.1 Å². The molecule has 1 aliphatic carbocycles. The van der Waals surface area contributed by atoms with Gasteiger partial charge in [-0.25, -0.2) is 4.79 Å². The molecule has 1 aliphatic rings. The van der Waals surface area contributed by atoms with Crippen molar-refractivity contribution in [3.63, 3.8) is 0 Å². The predicted octanol–water partition coefficient (Wildman–Crippen LogP) is 5.33. The fourth-order valence-electron chi connectivity index (χ4n) is 4.19.